The first kappa shape index (κ1) is 17.7. The number of nitrogens with one attached hydrogen (secondary N) is 1. The smallest absolute Gasteiger partial charge is 0.142 e. The van der Waals surface area contributed by atoms with Crippen LogP contribution in [0.4, 0.5) is 4.39 Å². The number of nitrogens with zero attached hydrogens (tertiary/aromatic N) is 1. The zero-order valence-electron chi connectivity index (χ0n) is 12.0. The van der Waals surface area contributed by atoms with Gasteiger partial charge in [-0.1, -0.05) is 31.5 Å². The van der Waals surface area contributed by atoms with Gasteiger partial charge in [0.2, 0.25) is 0 Å². The number of hydrogen-bond acceptors (Lipinski definition) is 2. The van der Waals surface area contributed by atoms with E-state index in [4.69, 9.17) is 11.6 Å². The first-order valence-electron chi connectivity index (χ1n) is 6.97. The summed E-state index contributed by atoms with van der Waals surface area (Å²) in [5.74, 6) is 0.265. The summed E-state index contributed by atoms with van der Waals surface area (Å²) in [6.07, 6.45) is 1.04. The molecule has 1 N–H and O–H groups in total. The van der Waals surface area contributed by atoms with Crippen LogP contribution in [0.15, 0.2) is 18.2 Å². The third-order valence-corrected chi connectivity index (χ3v) is 3.92. The molecule has 1 saturated heterocycles. The number of piperazine rings is 1. The Balaban J connectivity index is 0.00000200. The number of benzene rings is 1. The van der Waals surface area contributed by atoms with Crippen LogP contribution in [0.2, 0.25) is 5.02 Å². The van der Waals surface area contributed by atoms with Crippen molar-refractivity contribution in [1.82, 2.24) is 10.2 Å². The molecule has 0 bridgehead atoms. The van der Waals surface area contributed by atoms with Crippen molar-refractivity contribution in [2.24, 2.45) is 5.92 Å². The Morgan fingerprint density at radius 1 is 1.30 bits per heavy atom. The second-order valence-electron chi connectivity index (χ2n) is 5.60. The molecule has 1 aromatic rings. The maximum atomic E-state index is 13.7. The molecule has 0 radical (unpaired) electrons. The molecule has 0 amide bonds. The topological polar surface area (TPSA) is 15.3 Å². The van der Waals surface area contributed by atoms with Crippen LogP contribution >= 0.6 is 24.0 Å². The molecule has 114 valence electrons. The molecule has 1 atom stereocenters. The van der Waals surface area contributed by atoms with E-state index in [1.165, 1.54) is 0 Å². The Labute approximate surface area is 132 Å². The third-order valence-electron chi connectivity index (χ3n) is 3.62. The van der Waals surface area contributed by atoms with E-state index in [2.05, 4.69) is 24.1 Å². The lowest BCUT2D eigenvalue weighted by atomic mass is 9.95. The predicted octanol–water partition coefficient (Wildman–Crippen LogP) is 3.89. The van der Waals surface area contributed by atoms with Crippen LogP contribution < -0.4 is 5.32 Å². The van der Waals surface area contributed by atoms with Gasteiger partial charge < -0.3 is 5.32 Å². The molecular formula is C15H23Cl2FN2. The van der Waals surface area contributed by atoms with E-state index >= 15 is 0 Å². The molecule has 2 rings (SSSR count). The standard InChI is InChI=1S/C15H22ClFN2.ClH/c1-11(2)9-15(19-7-5-18-6-8-19)12-3-4-13(16)14(17)10-12;/h3-4,10-11,15,18H,5-9H2,1-2H3;1H/t15-;/m1./s1. The van der Waals surface area contributed by atoms with E-state index in [1.807, 2.05) is 6.07 Å². The third kappa shape index (κ3) is 4.59. The lowest BCUT2D eigenvalue weighted by Gasteiger charge is -2.36. The van der Waals surface area contributed by atoms with Crippen LogP contribution in [-0.4, -0.2) is 31.1 Å². The van der Waals surface area contributed by atoms with Crippen molar-refractivity contribution >= 4 is 24.0 Å². The molecule has 0 aromatic heterocycles. The van der Waals surface area contributed by atoms with Gasteiger partial charge in [-0.3, -0.25) is 4.90 Å². The van der Waals surface area contributed by atoms with Crippen LogP contribution in [0.1, 0.15) is 31.9 Å². The summed E-state index contributed by atoms with van der Waals surface area (Å²) in [7, 11) is 0. The summed E-state index contributed by atoms with van der Waals surface area (Å²) >= 11 is 5.78. The molecule has 0 spiro atoms. The number of hydrogen-bond donors (Lipinski definition) is 1. The molecular weight excluding hydrogens is 298 g/mol. The fraction of sp³-hybridized carbons (Fsp3) is 0.600. The molecule has 1 heterocycles. The molecule has 2 nitrogen and oxygen atoms in total. The Kier molecular flexibility index (Phi) is 7.24. The van der Waals surface area contributed by atoms with E-state index in [0.29, 0.717) is 5.92 Å². The van der Waals surface area contributed by atoms with Gasteiger partial charge in [0.15, 0.2) is 0 Å². The van der Waals surface area contributed by atoms with Crippen LogP contribution in [0.25, 0.3) is 0 Å². The van der Waals surface area contributed by atoms with Gasteiger partial charge in [-0.05, 0) is 30.0 Å². The molecule has 0 saturated carbocycles. The van der Waals surface area contributed by atoms with Crippen molar-refractivity contribution in [1.29, 1.82) is 0 Å². The van der Waals surface area contributed by atoms with Gasteiger partial charge in [-0.25, -0.2) is 4.39 Å². The average molecular weight is 321 g/mol. The largest absolute Gasteiger partial charge is 0.314 e. The quantitative estimate of drug-likeness (QED) is 0.905. The lowest BCUT2D eigenvalue weighted by molar-refractivity contribution is 0.154. The van der Waals surface area contributed by atoms with Gasteiger partial charge in [-0.2, -0.15) is 0 Å². The maximum absolute atomic E-state index is 13.7. The van der Waals surface area contributed by atoms with Crippen LogP contribution in [-0.2, 0) is 0 Å². The van der Waals surface area contributed by atoms with Crippen molar-refractivity contribution < 1.29 is 4.39 Å². The monoisotopic (exact) mass is 320 g/mol. The molecule has 1 aliphatic rings. The SMILES string of the molecule is CC(C)C[C@H](c1ccc(Cl)c(F)c1)N1CCNCC1.Cl. The fourth-order valence-corrected chi connectivity index (χ4v) is 2.77. The Hall–Kier alpha value is -0.350. The Morgan fingerprint density at radius 2 is 1.95 bits per heavy atom. The van der Waals surface area contributed by atoms with Crippen LogP contribution in [0, 0.1) is 11.7 Å². The van der Waals surface area contributed by atoms with Crippen LogP contribution in [0.5, 0.6) is 0 Å². The summed E-state index contributed by atoms with van der Waals surface area (Å²) in [5, 5.41) is 3.56. The average Bonchev–Trinajstić information content (AvgIpc) is 2.40. The Bertz CT molecular complexity index is 420. The summed E-state index contributed by atoms with van der Waals surface area (Å²) < 4.78 is 13.7. The second kappa shape index (κ2) is 8.18. The molecule has 0 aliphatic carbocycles. The van der Waals surface area contributed by atoms with Gasteiger partial charge >= 0.3 is 0 Å². The van der Waals surface area contributed by atoms with Gasteiger partial charge in [0.05, 0.1) is 5.02 Å². The minimum absolute atomic E-state index is 0. The number of rotatable bonds is 4. The normalized spacial score (nSPS) is 17.9. The van der Waals surface area contributed by atoms with Crippen molar-refractivity contribution in [3.63, 3.8) is 0 Å². The first-order valence-corrected chi connectivity index (χ1v) is 7.35. The lowest BCUT2D eigenvalue weighted by Crippen LogP contribution is -2.45. The Morgan fingerprint density at radius 3 is 2.50 bits per heavy atom. The van der Waals surface area contributed by atoms with Crippen LogP contribution in [0.3, 0.4) is 0 Å². The minimum atomic E-state index is -0.317. The van der Waals surface area contributed by atoms with Gasteiger partial charge in [0, 0.05) is 32.2 Å². The van der Waals surface area contributed by atoms with E-state index in [0.717, 1.165) is 38.2 Å². The van der Waals surface area contributed by atoms with Crippen molar-refractivity contribution in [3.05, 3.63) is 34.6 Å². The molecule has 1 fully saturated rings. The summed E-state index contributed by atoms with van der Waals surface area (Å²) in [6.45, 7) is 8.46. The van der Waals surface area contributed by atoms with E-state index in [-0.39, 0.29) is 29.3 Å². The highest BCUT2D eigenvalue weighted by molar-refractivity contribution is 6.30. The minimum Gasteiger partial charge on any atom is -0.314 e. The highest BCUT2D eigenvalue weighted by atomic mass is 35.5. The van der Waals surface area contributed by atoms with Crippen molar-refractivity contribution in [3.8, 4) is 0 Å². The zero-order valence-corrected chi connectivity index (χ0v) is 13.6. The first-order chi connectivity index (χ1) is 9.08. The van der Waals surface area contributed by atoms with Gasteiger partial charge in [0.25, 0.3) is 0 Å². The highest BCUT2D eigenvalue weighted by Gasteiger charge is 2.23. The molecule has 1 aromatic carbocycles. The summed E-state index contributed by atoms with van der Waals surface area (Å²) in [5.41, 5.74) is 1.04. The molecule has 1 aliphatic heterocycles. The van der Waals surface area contributed by atoms with E-state index < -0.39 is 0 Å². The number of halogens is 3. The fourth-order valence-electron chi connectivity index (χ4n) is 2.66. The molecule has 5 heteroatoms. The van der Waals surface area contributed by atoms with E-state index in [1.54, 1.807) is 12.1 Å². The molecule has 0 unspecified atom stereocenters. The second-order valence-corrected chi connectivity index (χ2v) is 6.01. The molecule has 20 heavy (non-hydrogen) atoms. The summed E-state index contributed by atoms with van der Waals surface area (Å²) in [4.78, 5) is 2.44. The van der Waals surface area contributed by atoms with Gasteiger partial charge in [0.1, 0.15) is 5.82 Å². The summed E-state index contributed by atoms with van der Waals surface area (Å²) in [6, 6.07) is 5.51. The van der Waals surface area contributed by atoms with Crippen molar-refractivity contribution in [2.45, 2.75) is 26.3 Å². The van der Waals surface area contributed by atoms with E-state index in [9.17, 15) is 4.39 Å². The van der Waals surface area contributed by atoms with Crippen molar-refractivity contribution in [2.75, 3.05) is 26.2 Å². The zero-order chi connectivity index (χ0) is 13.8. The predicted molar refractivity (Wildman–Crippen MR) is 85.3 cm³/mol. The highest BCUT2D eigenvalue weighted by Crippen LogP contribution is 2.30. The van der Waals surface area contributed by atoms with Gasteiger partial charge in [-0.15, -0.1) is 12.4 Å². The maximum Gasteiger partial charge on any atom is 0.142 e.